The average molecular weight is 328 g/mol. The fourth-order valence-corrected chi connectivity index (χ4v) is 2.53. The van der Waals surface area contributed by atoms with E-state index in [9.17, 15) is 9.59 Å². The van der Waals surface area contributed by atoms with Crippen molar-refractivity contribution in [1.82, 2.24) is 0 Å². The van der Waals surface area contributed by atoms with Crippen LogP contribution < -0.4 is 4.90 Å². The number of carbonyl (C=O) groups is 2. The first-order valence-electron chi connectivity index (χ1n) is 7.16. The van der Waals surface area contributed by atoms with Crippen molar-refractivity contribution in [2.75, 3.05) is 18.1 Å². The van der Waals surface area contributed by atoms with Gasteiger partial charge in [0.05, 0.1) is 6.54 Å². The van der Waals surface area contributed by atoms with Crippen LogP contribution in [0.5, 0.6) is 0 Å². The molecule has 0 aliphatic carbocycles. The molecule has 0 spiro atoms. The molecule has 2 aromatic rings. The van der Waals surface area contributed by atoms with Crippen molar-refractivity contribution >= 4 is 35.2 Å². The van der Waals surface area contributed by atoms with Gasteiger partial charge in [-0.05, 0) is 35.9 Å². The van der Waals surface area contributed by atoms with Gasteiger partial charge in [0, 0.05) is 16.3 Å². The minimum atomic E-state index is -0.385. The highest BCUT2D eigenvalue weighted by Gasteiger charge is 2.23. The molecule has 3 rings (SSSR count). The van der Waals surface area contributed by atoms with Crippen LogP contribution >= 0.6 is 11.6 Å². The zero-order valence-corrected chi connectivity index (χ0v) is 13.0. The molecule has 0 N–H and O–H groups in total. The normalized spacial score (nSPS) is 14.3. The summed E-state index contributed by atoms with van der Waals surface area (Å²) in [5.74, 6) is -0.139. The van der Waals surface area contributed by atoms with Gasteiger partial charge in [-0.1, -0.05) is 41.9 Å². The zero-order valence-electron chi connectivity index (χ0n) is 12.2. The van der Waals surface area contributed by atoms with Crippen LogP contribution in [0.2, 0.25) is 5.02 Å². The van der Waals surface area contributed by atoms with Gasteiger partial charge in [0.2, 0.25) is 0 Å². The summed E-state index contributed by atoms with van der Waals surface area (Å²) in [4.78, 5) is 25.4. The fraction of sp³-hybridized carbons (Fsp3) is 0.111. The molecule has 1 aliphatic rings. The number of amides is 1. The number of allylic oxidation sites excluding steroid dienone is 1. The van der Waals surface area contributed by atoms with Gasteiger partial charge in [0.15, 0.2) is 5.78 Å². The van der Waals surface area contributed by atoms with Crippen LogP contribution in [0.1, 0.15) is 15.9 Å². The molecule has 1 amide bonds. The number of rotatable bonds is 4. The largest absolute Gasteiger partial charge is 0.447 e. The summed E-state index contributed by atoms with van der Waals surface area (Å²) in [5.41, 5.74) is 2.03. The Labute approximate surface area is 138 Å². The maximum absolute atomic E-state index is 12.3. The molecule has 0 saturated carbocycles. The van der Waals surface area contributed by atoms with Crippen LogP contribution in [-0.2, 0) is 4.74 Å². The number of hydrogen-bond donors (Lipinski definition) is 0. The van der Waals surface area contributed by atoms with Crippen molar-refractivity contribution in [3.63, 3.8) is 0 Å². The molecule has 5 heteroatoms. The quantitative estimate of drug-likeness (QED) is 0.624. The second kappa shape index (κ2) is 6.67. The molecule has 0 bridgehead atoms. The number of cyclic esters (lactones) is 1. The maximum Gasteiger partial charge on any atom is 0.414 e. The second-order valence-electron chi connectivity index (χ2n) is 5.07. The molecular weight excluding hydrogens is 314 g/mol. The van der Waals surface area contributed by atoms with Gasteiger partial charge in [-0.25, -0.2) is 4.79 Å². The van der Waals surface area contributed by atoms with Crippen molar-refractivity contribution in [2.24, 2.45) is 0 Å². The molecule has 116 valence electrons. The van der Waals surface area contributed by atoms with Crippen LogP contribution in [-0.4, -0.2) is 25.0 Å². The molecule has 2 aromatic carbocycles. The summed E-state index contributed by atoms with van der Waals surface area (Å²) in [6, 6.07) is 14.2. The summed E-state index contributed by atoms with van der Waals surface area (Å²) in [6.07, 6.45) is 2.82. The Morgan fingerprint density at radius 2 is 2.00 bits per heavy atom. The van der Waals surface area contributed by atoms with E-state index in [4.69, 9.17) is 16.3 Å². The van der Waals surface area contributed by atoms with Crippen LogP contribution in [0.3, 0.4) is 0 Å². The Kier molecular flexibility index (Phi) is 4.44. The summed E-state index contributed by atoms with van der Waals surface area (Å²) in [5, 5.41) is 0.620. The Bertz CT molecular complexity index is 785. The minimum Gasteiger partial charge on any atom is -0.447 e. The van der Waals surface area contributed by atoms with Crippen LogP contribution in [0, 0.1) is 0 Å². The molecule has 1 aliphatic heterocycles. The van der Waals surface area contributed by atoms with E-state index in [1.165, 1.54) is 11.0 Å². The van der Waals surface area contributed by atoms with Gasteiger partial charge in [-0.3, -0.25) is 9.69 Å². The molecule has 0 unspecified atom stereocenters. The molecule has 0 atom stereocenters. The topological polar surface area (TPSA) is 46.6 Å². The van der Waals surface area contributed by atoms with Crippen LogP contribution in [0.4, 0.5) is 10.5 Å². The third-order valence-electron chi connectivity index (χ3n) is 3.48. The van der Waals surface area contributed by atoms with Gasteiger partial charge in [0.1, 0.15) is 6.61 Å². The number of nitrogens with zero attached hydrogens (tertiary/aromatic N) is 1. The first kappa shape index (κ1) is 15.3. The Morgan fingerprint density at radius 1 is 1.17 bits per heavy atom. The SMILES string of the molecule is O=C(/C=C/c1cccc(Cl)c1)c1cccc(N2CCOC2=O)c1. The van der Waals surface area contributed by atoms with Crippen molar-refractivity contribution < 1.29 is 14.3 Å². The lowest BCUT2D eigenvalue weighted by Crippen LogP contribution is -2.23. The molecule has 1 fully saturated rings. The van der Waals surface area contributed by atoms with Crippen LogP contribution in [0.25, 0.3) is 6.08 Å². The lowest BCUT2D eigenvalue weighted by Gasteiger charge is -2.13. The van der Waals surface area contributed by atoms with Gasteiger partial charge in [-0.2, -0.15) is 0 Å². The highest BCUT2D eigenvalue weighted by atomic mass is 35.5. The minimum absolute atomic E-state index is 0.139. The zero-order chi connectivity index (χ0) is 16.2. The lowest BCUT2D eigenvalue weighted by molar-refractivity contribution is 0.104. The number of halogens is 1. The Morgan fingerprint density at radius 3 is 2.74 bits per heavy atom. The van der Waals surface area contributed by atoms with Gasteiger partial charge in [0.25, 0.3) is 0 Å². The third kappa shape index (κ3) is 3.60. The van der Waals surface area contributed by atoms with E-state index in [-0.39, 0.29) is 11.9 Å². The average Bonchev–Trinajstić information content (AvgIpc) is 2.99. The van der Waals surface area contributed by atoms with Crippen LogP contribution in [0.15, 0.2) is 54.6 Å². The van der Waals surface area contributed by atoms with E-state index >= 15 is 0 Å². The first-order valence-corrected chi connectivity index (χ1v) is 7.53. The molecule has 1 heterocycles. The molecule has 0 radical (unpaired) electrons. The maximum atomic E-state index is 12.3. The smallest absolute Gasteiger partial charge is 0.414 e. The fourth-order valence-electron chi connectivity index (χ4n) is 2.33. The molecule has 1 saturated heterocycles. The van der Waals surface area contributed by atoms with E-state index in [1.54, 1.807) is 42.5 Å². The Balaban J connectivity index is 1.78. The monoisotopic (exact) mass is 327 g/mol. The molecule has 0 aromatic heterocycles. The highest BCUT2D eigenvalue weighted by molar-refractivity contribution is 6.30. The predicted octanol–water partition coefficient (Wildman–Crippen LogP) is 4.19. The lowest BCUT2D eigenvalue weighted by atomic mass is 10.1. The highest BCUT2D eigenvalue weighted by Crippen LogP contribution is 2.20. The standard InChI is InChI=1S/C18H14ClNO3/c19-15-5-1-3-13(11-15)7-8-17(21)14-4-2-6-16(12-14)20-9-10-23-18(20)22/h1-8,11-12H,9-10H2/b8-7+. The second-order valence-corrected chi connectivity index (χ2v) is 5.51. The number of hydrogen-bond acceptors (Lipinski definition) is 3. The van der Waals surface area contributed by atoms with Crippen molar-refractivity contribution in [1.29, 1.82) is 0 Å². The summed E-state index contributed by atoms with van der Waals surface area (Å²) in [6.45, 7) is 0.862. The van der Waals surface area contributed by atoms with E-state index in [0.717, 1.165) is 5.56 Å². The Hall–Kier alpha value is -2.59. The molecule has 4 nitrogen and oxygen atoms in total. The number of ether oxygens (including phenoxy) is 1. The molecule has 23 heavy (non-hydrogen) atoms. The van der Waals surface area contributed by atoms with Gasteiger partial charge in [-0.15, -0.1) is 0 Å². The predicted molar refractivity (Wildman–Crippen MR) is 90.0 cm³/mol. The number of benzene rings is 2. The molecular formula is C18H14ClNO3. The van der Waals surface area contributed by atoms with Crippen molar-refractivity contribution in [3.05, 3.63) is 70.8 Å². The van der Waals surface area contributed by atoms with E-state index in [0.29, 0.717) is 29.4 Å². The first-order chi connectivity index (χ1) is 11.1. The third-order valence-corrected chi connectivity index (χ3v) is 3.71. The van der Waals surface area contributed by atoms with Gasteiger partial charge < -0.3 is 4.74 Å². The number of anilines is 1. The van der Waals surface area contributed by atoms with Gasteiger partial charge >= 0.3 is 6.09 Å². The summed E-state index contributed by atoms with van der Waals surface area (Å²) in [7, 11) is 0. The van der Waals surface area contributed by atoms with E-state index in [1.807, 2.05) is 12.1 Å². The van der Waals surface area contributed by atoms with Crippen molar-refractivity contribution in [2.45, 2.75) is 0 Å². The van der Waals surface area contributed by atoms with E-state index in [2.05, 4.69) is 0 Å². The summed E-state index contributed by atoms with van der Waals surface area (Å²) < 4.78 is 4.91. The van der Waals surface area contributed by atoms with E-state index < -0.39 is 0 Å². The van der Waals surface area contributed by atoms with Crippen molar-refractivity contribution in [3.8, 4) is 0 Å². The number of ketones is 1. The number of carbonyl (C=O) groups excluding carboxylic acids is 2. The summed E-state index contributed by atoms with van der Waals surface area (Å²) >= 11 is 5.92.